The van der Waals surface area contributed by atoms with Crippen LogP contribution >= 0.6 is 11.6 Å². The van der Waals surface area contributed by atoms with Crippen molar-refractivity contribution in [2.75, 3.05) is 25.0 Å². The van der Waals surface area contributed by atoms with Crippen molar-refractivity contribution in [2.24, 2.45) is 0 Å². The fraction of sp³-hybridized carbons (Fsp3) is 0.258. The highest BCUT2D eigenvalue weighted by atomic mass is 35.5. The number of anilines is 1. The number of hydrogen-bond donors (Lipinski definition) is 1. The molecule has 39 heavy (non-hydrogen) atoms. The first kappa shape index (κ1) is 27.9. The summed E-state index contributed by atoms with van der Waals surface area (Å²) in [5.74, 6) is 0.530. The monoisotopic (exact) mass is 544 g/mol. The molecule has 0 aliphatic heterocycles. The number of aryl methyl sites for hydroxylation is 2. The van der Waals surface area contributed by atoms with Crippen LogP contribution < -0.4 is 10.1 Å². The van der Waals surface area contributed by atoms with E-state index in [0.29, 0.717) is 23.1 Å². The number of rotatable bonds is 11. The molecular formula is C31H33ClN4O3. The van der Waals surface area contributed by atoms with Crippen LogP contribution in [0.3, 0.4) is 0 Å². The largest absolute Gasteiger partial charge is 0.484 e. The molecule has 0 bridgehead atoms. The first-order valence-electron chi connectivity index (χ1n) is 13.0. The lowest BCUT2D eigenvalue weighted by atomic mass is 10.1. The van der Waals surface area contributed by atoms with E-state index in [1.54, 1.807) is 28.9 Å². The van der Waals surface area contributed by atoms with Crippen molar-refractivity contribution in [3.8, 4) is 22.6 Å². The quantitative estimate of drug-likeness (QED) is 0.235. The summed E-state index contributed by atoms with van der Waals surface area (Å²) in [4.78, 5) is 28.0. The molecule has 1 N–H and O–H groups in total. The standard InChI is InChI=1S/C31H33ClN4O3/c1-4-5-19-35(29(38)21-39-27-17-13-25(32)14-18-27)20-28(37)33-31-30(24-9-7-6-8-10-24)23(3)34-36(31)26-15-11-22(2)12-16-26/h6-18H,4-5,19-21H2,1-3H3,(H,33,37). The second-order valence-corrected chi connectivity index (χ2v) is 9.82. The van der Waals surface area contributed by atoms with Crippen molar-refractivity contribution in [2.45, 2.75) is 33.6 Å². The number of halogens is 1. The van der Waals surface area contributed by atoms with Crippen LogP contribution in [0.4, 0.5) is 5.82 Å². The molecule has 8 heteroatoms. The zero-order valence-electron chi connectivity index (χ0n) is 22.5. The van der Waals surface area contributed by atoms with Gasteiger partial charge in [0.25, 0.3) is 5.91 Å². The number of hydrogen-bond acceptors (Lipinski definition) is 4. The van der Waals surface area contributed by atoms with E-state index in [9.17, 15) is 9.59 Å². The highest BCUT2D eigenvalue weighted by Crippen LogP contribution is 2.33. The molecule has 0 saturated carbocycles. The fourth-order valence-electron chi connectivity index (χ4n) is 4.22. The highest BCUT2D eigenvalue weighted by molar-refractivity contribution is 6.30. The molecule has 0 radical (unpaired) electrons. The Hall–Kier alpha value is -4.10. The Bertz CT molecular complexity index is 1400. The van der Waals surface area contributed by atoms with Crippen LogP contribution in [-0.2, 0) is 9.59 Å². The Morgan fingerprint density at radius 2 is 1.67 bits per heavy atom. The molecule has 4 rings (SSSR count). The number of carbonyl (C=O) groups is 2. The summed E-state index contributed by atoms with van der Waals surface area (Å²) in [5, 5.41) is 8.42. The van der Waals surface area contributed by atoms with E-state index in [4.69, 9.17) is 21.4 Å². The maximum atomic E-state index is 13.4. The number of aromatic nitrogens is 2. The predicted molar refractivity (Wildman–Crippen MR) is 156 cm³/mol. The lowest BCUT2D eigenvalue weighted by molar-refractivity contribution is -0.136. The molecule has 2 amide bonds. The number of nitrogens with zero attached hydrogens (tertiary/aromatic N) is 3. The molecule has 1 aromatic heterocycles. The maximum Gasteiger partial charge on any atom is 0.260 e. The first-order valence-corrected chi connectivity index (χ1v) is 13.4. The predicted octanol–water partition coefficient (Wildman–Crippen LogP) is 6.46. The SMILES string of the molecule is CCCCN(CC(=O)Nc1c(-c2ccccc2)c(C)nn1-c1ccc(C)cc1)C(=O)COc1ccc(Cl)cc1. The van der Waals surface area contributed by atoms with Crippen molar-refractivity contribution in [3.05, 3.63) is 95.1 Å². The Morgan fingerprint density at radius 1 is 0.974 bits per heavy atom. The van der Waals surface area contributed by atoms with E-state index in [-0.39, 0.29) is 25.0 Å². The second kappa shape index (κ2) is 13.1. The summed E-state index contributed by atoms with van der Waals surface area (Å²) in [6, 6.07) is 24.6. The summed E-state index contributed by atoms with van der Waals surface area (Å²) in [7, 11) is 0. The molecule has 0 aliphatic carbocycles. The number of unbranched alkanes of at least 4 members (excludes halogenated alkanes) is 1. The number of benzene rings is 3. The van der Waals surface area contributed by atoms with Gasteiger partial charge in [0, 0.05) is 17.1 Å². The van der Waals surface area contributed by atoms with E-state index in [0.717, 1.165) is 40.9 Å². The van der Waals surface area contributed by atoms with E-state index in [1.807, 2.05) is 75.4 Å². The zero-order chi connectivity index (χ0) is 27.8. The van der Waals surface area contributed by atoms with Gasteiger partial charge in [-0.3, -0.25) is 9.59 Å². The Morgan fingerprint density at radius 3 is 2.33 bits per heavy atom. The first-order chi connectivity index (χ1) is 18.9. The van der Waals surface area contributed by atoms with E-state index in [2.05, 4.69) is 5.32 Å². The van der Waals surface area contributed by atoms with E-state index < -0.39 is 0 Å². The topological polar surface area (TPSA) is 76.5 Å². The van der Waals surface area contributed by atoms with Crippen LogP contribution in [0, 0.1) is 13.8 Å². The molecule has 0 saturated heterocycles. The van der Waals surface area contributed by atoms with Crippen LogP contribution in [0.2, 0.25) is 5.02 Å². The van der Waals surface area contributed by atoms with Crippen LogP contribution in [0.15, 0.2) is 78.9 Å². The molecule has 7 nitrogen and oxygen atoms in total. The van der Waals surface area contributed by atoms with Gasteiger partial charge in [-0.25, -0.2) is 4.68 Å². The van der Waals surface area contributed by atoms with Gasteiger partial charge in [0.1, 0.15) is 18.1 Å². The lowest BCUT2D eigenvalue weighted by Crippen LogP contribution is -2.41. The number of amides is 2. The third kappa shape index (κ3) is 7.27. The van der Waals surface area contributed by atoms with Gasteiger partial charge in [-0.15, -0.1) is 0 Å². The van der Waals surface area contributed by atoms with Gasteiger partial charge >= 0.3 is 0 Å². The molecule has 0 fully saturated rings. The molecule has 0 unspecified atom stereocenters. The van der Waals surface area contributed by atoms with Crippen molar-refractivity contribution in [1.29, 1.82) is 0 Å². The maximum absolute atomic E-state index is 13.4. The van der Waals surface area contributed by atoms with Gasteiger partial charge in [-0.05, 0) is 62.2 Å². The van der Waals surface area contributed by atoms with Crippen LogP contribution in [0.5, 0.6) is 5.75 Å². The molecule has 1 heterocycles. The zero-order valence-corrected chi connectivity index (χ0v) is 23.2. The van der Waals surface area contributed by atoms with Crippen molar-refractivity contribution >= 4 is 29.2 Å². The minimum atomic E-state index is -0.309. The van der Waals surface area contributed by atoms with Crippen molar-refractivity contribution in [1.82, 2.24) is 14.7 Å². The van der Waals surface area contributed by atoms with Gasteiger partial charge < -0.3 is 15.0 Å². The molecule has 3 aromatic carbocycles. The average Bonchev–Trinajstić information content (AvgIpc) is 3.26. The summed E-state index contributed by atoms with van der Waals surface area (Å²) in [5.41, 5.74) is 4.52. The Balaban J connectivity index is 1.57. The molecule has 0 atom stereocenters. The minimum Gasteiger partial charge on any atom is -0.484 e. The van der Waals surface area contributed by atoms with Gasteiger partial charge in [0.15, 0.2) is 6.61 Å². The number of nitrogens with one attached hydrogen (secondary N) is 1. The number of carbonyl (C=O) groups excluding carboxylic acids is 2. The smallest absolute Gasteiger partial charge is 0.260 e. The Kier molecular flexibility index (Phi) is 9.39. The summed E-state index contributed by atoms with van der Waals surface area (Å²) in [6.07, 6.45) is 1.66. The molecule has 202 valence electrons. The van der Waals surface area contributed by atoms with Gasteiger partial charge in [-0.2, -0.15) is 5.10 Å². The van der Waals surface area contributed by atoms with E-state index in [1.165, 1.54) is 4.90 Å². The molecule has 4 aromatic rings. The van der Waals surface area contributed by atoms with E-state index >= 15 is 0 Å². The average molecular weight is 545 g/mol. The third-order valence-electron chi connectivity index (χ3n) is 6.30. The normalized spacial score (nSPS) is 10.8. The van der Waals surface area contributed by atoms with Gasteiger partial charge in [0.2, 0.25) is 5.91 Å². The Labute approximate surface area is 234 Å². The van der Waals surface area contributed by atoms with Gasteiger partial charge in [-0.1, -0.05) is 73.0 Å². The fourth-order valence-corrected chi connectivity index (χ4v) is 4.34. The highest BCUT2D eigenvalue weighted by Gasteiger charge is 2.23. The minimum absolute atomic E-state index is 0.102. The number of ether oxygens (including phenoxy) is 1. The van der Waals surface area contributed by atoms with Crippen LogP contribution in [0.1, 0.15) is 31.0 Å². The van der Waals surface area contributed by atoms with Crippen LogP contribution in [0.25, 0.3) is 16.8 Å². The van der Waals surface area contributed by atoms with Gasteiger partial charge in [0.05, 0.1) is 11.4 Å². The lowest BCUT2D eigenvalue weighted by Gasteiger charge is -2.22. The molecule has 0 aliphatic rings. The third-order valence-corrected chi connectivity index (χ3v) is 6.56. The molecular weight excluding hydrogens is 512 g/mol. The molecule has 0 spiro atoms. The van der Waals surface area contributed by atoms with Crippen molar-refractivity contribution in [3.63, 3.8) is 0 Å². The van der Waals surface area contributed by atoms with Crippen LogP contribution in [-0.4, -0.2) is 46.2 Å². The summed E-state index contributed by atoms with van der Waals surface area (Å²) >= 11 is 5.93. The summed E-state index contributed by atoms with van der Waals surface area (Å²) < 4.78 is 7.40. The second-order valence-electron chi connectivity index (χ2n) is 9.38. The van der Waals surface area contributed by atoms with Crippen molar-refractivity contribution < 1.29 is 14.3 Å². The summed E-state index contributed by atoms with van der Waals surface area (Å²) in [6.45, 7) is 6.17.